The van der Waals surface area contributed by atoms with E-state index in [-0.39, 0.29) is 11.7 Å². The Hall–Kier alpha value is -2.80. The van der Waals surface area contributed by atoms with Crippen LogP contribution in [0.1, 0.15) is 22.2 Å². The van der Waals surface area contributed by atoms with E-state index in [1.165, 1.54) is 23.7 Å². The molecule has 1 aromatic heterocycles. The second kappa shape index (κ2) is 5.44. The van der Waals surface area contributed by atoms with Gasteiger partial charge in [0.15, 0.2) is 6.17 Å². The lowest BCUT2D eigenvalue weighted by Crippen LogP contribution is -2.43. The van der Waals surface area contributed by atoms with Crippen LogP contribution in [0, 0.1) is 5.82 Å². The zero-order chi connectivity index (χ0) is 15.8. The smallest absolute Gasteiger partial charge is 0.262 e. The zero-order valence-electron chi connectivity index (χ0n) is 11.8. The van der Waals surface area contributed by atoms with Crippen molar-refractivity contribution in [2.75, 3.05) is 10.2 Å². The van der Waals surface area contributed by atoms with Gasteiger partial charge in [-0.3, -0.25) is 9.69 Å². The van der Waals surface area contributed by atoms with Crippen molar-refractivity contribution in [1.82, 2.24) is 9.59 Å². The molecule has 0 fully saturated rings. The van der Waals surface area contributed by atoms with Gasteiger partial charge in [0, 0.05) is 16.8 Å². The van der Waals surface area contributed by atoms with Crippen LogP contribution in [0.5, 0.6) is 0 Å². The summed E-state index contributed by atoms with van der Waals surface area (Å²) in [5, 5.41) is 9.17. The third kappa shape index (κ3) is 2.35. The number of aromatic nitrogens is 2. The van der Waals surface area contributed by atoms with E-state index < -0.39 is 6.17 Å². The van der Waals surface area contributed by atoms with Crippen LogP contribution in [0.25, 0.3) is 0 Å². The minimum Gasteiger partial charge on any atom is -0.359 e. The molecule has 1 atom stereocenters. The van der Waals surface area contributed by atoms with E-state index in [2.05, 4.69) is 14.9 Å². The van der Waals surface area contributed by atoms with Crippen LogP contribution >= 0.6 is 11.5 Å². The molecule has 0 radical (unpaired) electrons. The van der Waals surface area contributed by atoms with Crippen LogP contribution in [0.15, 0.2) is 53.9 Å². The van der Waals surface area contributed by atoms with Gasteiger partial charge >= 0.3 is 0 Å². The maximum atomic E-state index is 13.2. The number of nitrogens with one attached hydrogen (secondary N) is 1. The number of anilines is 2. The Morgan fingerprint density at radius 1 is 1.13 bits per heavy atom. The van der Waals surface area contributed by atoms with E-state index in [4.69, 9.17) is 0 Å². The van der Waals surface area contributed by atoms with Gasteiger partial charge < -0.3 is 5.32 Å². The lowest BCUT2D eigenvalue weighted by atomic mass is 10.1. The van der Waals surface area contributed by atoms with Crippen LogP contribution in [0.2, 0.25) is 0 Å². The molecule has 0 spiro atoms. The van der Waals surface area contributed by atoms with Crippen molar-refractivity contribution in [3.63, 3.8) is 0 Å². The first kappa shape index (κ1) is 13.8. The molecule has 2 heterocycles. The quantitative estimate of drug-likeness (QED) is 0.784. The lowest BCUT2D eigenvalue weighted by molar-refractivity contribution is 0.0974. The number of para-hydroxylation sites is 1. The van der Waals surface area contributed by atoms with Crippen molar-refractivity contribution in [2.24, 2.45) is 0 Å². The first-order valence-corrected chi connectivity index (χ1v) is 7.79. The molecule has 1 aliphatic heterocycles. The van der Waals surface area contributed by atoms with Gasteiger partial charge in [-0.15, -0.1) is 5.10 Å². The van der Waals surface area contributed by atoms with Gasteiger partial charge in [-0.2, -0.15) is 0 Å². The van der Waals surface area contributed by atoms with Crippen LogP contribution < -0.4 is 10.2 Å². The van der Waals surface area contributed by atoms with E-state index in [1.807, 2.05) is 18.2 Å². The second-order valence-electron chi connectivity index (χ2n) is 5.07. The molecular formula is C16H11FN4OS. The van der Waals surface area contributed by atoms with Crippen molar-refractivity contribution in [3.8, 4) is 0 Å². The number of amides is 1. The summed E-state index contributed by atoms with van der Waals surface area (Å²) in [6, 6.07) is 13.1. The summed E-state index contributed by atoms with van der Waals surface area (Å²) in [5.41, 5.74) is 2.55. The van der Waals surface area contributed by atoms with E-state index in [0.29, 0.717) is 16.9 Å². The summed E-state index contributed by atoms with van der Waals surface area (Å²) in [6.07, 6.45) is -0.485. The molecule has 7 heteroatoms. The van der Waals surface area contributed by atoms with Gasteiger partial charge in [-0.25, -0.2) is 4.39 Å². The Balaban J connectivity index is 1.85. The molecule has 3 aromatic rings. The zero-order valence-corrected chi connectivity index (χ0v) is 12.6. The molecule has 0 aliphatic carbocycles. The topological polar surface area (TPSA) is 58.1 Å². The molecule has 1 aliphatic rings. The third-order valence-corrected chi connectivity index (χ3v) is 4.21. The van der Waals surface area contributed by atoms with E-state index >= 15 is 0 Å². The predicted molar refractivity (Wildman–Crippen MR) is 85.9 cm³/mol. The number of benzene rings is 2. The highest BCUT2D eigenvalue weighted by atomic mass is 32.1. The van der Waals surface area contributed by atoms with E-state index in [9.17, 15) is 9.18 Å². The molecule has 4 rings (SSSR count). The Bertz CT molecular complexity index is 851. The van der Waals surface area contributed by atoms with E-state index in [0.717, 1.165) is 5.69 Å². The highest BCUT2D eigenvalue weighted by molar-refractivity contribution is 7.03. The molecule has 5 nitrogen and oxygen atoms in total. The number of rotatable bonds is 2. The molecule has 114 valence electrons. The average Bonchev–Trinajstić information content (AvgIpc) is 3.10. The number of nitrogens with zero attached hydrogens (tertiary/aromatic N) is 3. The Kier molecular flexibility index (Phi) is 3.27. The minimum atomic E-state index is -0.485. The Labute approximate surface area is 135 Å². The number of carbonyl (C=O) groups excluding carboxylic acids is 1. The van der Waals surface area contributed by atoms with Gasteiger partial charge in [-0.05, 0) is 47.9 Å². The van der Waals surface area contributed by atoms with Crippen molar-refractivity contribution < 1.29 is 9.18 Å². The summed E-state index contributed by atoms with van der Waals surface area (Å²) in [6.45, 7) is 0. The molecule has 0 bridgehead atoms. The predicted octanol–water partition coefficient (Wildman–Crippen LogP) is 3.45. The SMILES string of the molecule is O=C1c2ccccc2N[C@H](c2csnn2)N1c1ccc(F)cc1. The molecule has 0 saturated carbocycles. The summed E-state index contributed by atoms with van der Waals surface area (Å²) in [7, 11) is 0. The van der Waals surface area contributed by atoms with Crippen LogP contribution in [-0.2, 0) is 0 Å². The van der Waals surface area contributed by atoms with Gasteiger partial charge in [0.2, 0.25) is 0 Å². The molecule has 0 saturated heterocycles. The summed E-state index contributed by atoms with van der Waals surface area (Å²) >= 11 is 1.22. The number of hydrogen-bond acceptors (Lipinski definition) is 5. The normalized spacial score (nSPS) is 16.8. The maximum absolute atomic E-state index is 13.2. The van der Waals surface area contributed by atoms with E-state index in [1.54, 1.807) is 28.5 Å². The van der Waals surface area contributed by atoms with Gasteiger partial charge in [0.1, 0.15) is 11.5 Å². The number of halogens is 1. The summed E-state index contributed by atoms with van der Waals surface area (Å²) in [4.78, 5) is 14.5. The number of carbonyl (C=O) groups is 1. The highest BCUT2D eigenvalue weighted by Gasteiger charge is 2.35. The second-order valence-corrected chi connectivity index (χ2v) is 5.68. The monoisotopic (exact) mass is 326 g/mol. The van der Waals surface area contributed by atoms with Gasteiger partial charge in [-0.1, -0.05) is 16.6 Å². The van der Waals surface area contributed by atoms with Crippen LogP contribution in [-0.4, -0.2) is 15.5 Å². The highest BCUT2D eigenvalue weighted by Crippen LogP contribution is 2.36. The first-order valence-electron chi connectivity index (χ1n) is 6.96. The van der Waals surface area contributed by atoms with Gasteiger partial charge in [0.05, 0.1) is 5.56 Å². The molecule has 0 unspecified atom stereocenters. The van der Waals surface area contributed by atoms with Crippen molar-refractivity contribution in [3.05, 3.63) is 71.0 Å². The van der Waals surface area contributed by atoms with Crippen LogP contribution in [0.4, 0.5) is 15.8 Å². The van der Waals surface area contributed by atoms with Gasteiger partial charge in [0.25, 0.3) is 5.91 Å². The number of hydrogen-bond donors (Lipinski definition) is 1. The average molecular weight is 326 g/mol. The summed E-state index contributed by atoms with van der Waals surface area (Å²) < 4.78 is 17.1. The Morgan fingerprint density at radius 2 is 1.91 bits per heavy atom. The lowest BCUT2D eigenvalue weighted by Gasteiger charge is -2.36. The molecule has 1 amide bonds. The Morgan fingerprint density at radius 3 is 2.65 bits per heavy atom. The summed E-state index contributed by atoms with van der Waals surface area (Å²) in [5.74, 6) is -0.512. The fourth-order valence-corrected chi connectivity index (χ4v) is 3.09. The fraction of sp³-hybridized carbons (Fsp3) is 0.0625. The minimum absolute atomic E-state index is 0.163. The van der Waals surface area contributed by atoms with Crippen molar-refractivity contribution in [1.29, 1.82) is 0 Å². The molecule has 23 heavy (non-hydrogen) atoms. The standard InChI is InChI=1S/C16H11FN4OS/c17-10-5-7-11(8-6-10)21-15(14-9-23-20-19-14)18-13-4-2-1-3-12(13)16(21)22/h1-9,15,18H/t15-/m0/s1. The molecule has 1 N–H and O–H groups in total. The van der Waals surface area contributed by atoms with Crippen molar-refractivity contribution >= 4 is 28.8 Å². The molecule has 2 aromatic carbocycles. The third-order valence-electron chi connectivity index (χ3n) is 3.69. The maximum Gasteiger partial charge on any atom is 0.262 e. The van der Waals surface area contributed by atoms with Crippen LogP contribution in [0.3, 0.4) is 0 Å². The fourth-order valence-electron chi connectivity index (χ4n) is 2.62. The van der Waals surface area contributed by atoms with Crippen molar-refractivity contribution in [2.45, 2.75) is 6.17 Å². The number of fused-ring (bicyclic) bond motifs is 1. The largest absolute Gasteiger partial charge is 0.359 e. The first-order chi connectivity index (χ1) is 11.2. The molecular weight excluding hydrogens is 315 g/mol.